The Labute approximate surface area is 120 Å². The number of nitrogen functional groups attached to an aromatic ring is 1. The Morgan fingerprint density at radius 1 is 1.25 bits per heavy atom. The number of nitrogens with two attached hydrogens (primary N) is 1. The predicted octanol–water partition coefficient (Wildman–Crippen LogP) is 2.68. The summed E-state index contributed by atoms with van der Waals surface area (Å²) in [6.07, 6.45) is 4.05. The summed E-state index contributed by atoms with van der Waals surface area (Å²) in [5, 5.41) is 0. The van der Waals surface area contributed by atoms with E-state index in [0.29, 0.717) is 0 Å². The van der Waals surface area contributed by atoms with E-state index in [2.05, 4.69) is 0 Å². The molecule has 0 amide bonds. The topological polar surface area (TPSA) is 53.7 Å². The fourth-order valence-corrected chi connectivity index (χ4v) is 3.11. The van der Waals surface area contributed by atoms with E-state index in [1.807, 2.05) is 25.1 Å². The molecule has 0 radical (unpaired) electrons. The molecule has 1 unspecified atom stereocenters. The maximum atomic E-state index is 6.19. The quantitative estimate of drug-likeness (QED) is 0.844. The Morgan fingerprint density at radius 3 is 2.85 bits per heavy atom. The molecule has 110 valence electrons. The molecule has 1 spiro atoms. The molecule has 2 aliphatic heterocycles. The van der Waals surface area contributed by atoms with Gasteiger partial charge in [-0.3, -0.25) is 0 Å². The van der Waals surface area contributed by atoms with Gasteiger partial charge < -0.3 is 19.9 Å². The van der Waals surface area contributed by atoms with Gasteiger partial charge in [-0.05, 0) is 31.9 Å². The van der Waals surface area contributed by atoms with Crippen molar-refractivity contribution in [1.29, 1.82) is 0 Å². The molecule has 4 heteroatoms. The largest absolute Gasteiger partial charge is 0.490 e. The first-order valence-corrected chi connectivity index (χ1v) is 7.42. The van der Waals surface area contributed by atoms with Gasteiger partial charge in [0.25, 0.3) is 0 Å². The van der Waals surface area contributed by atoms with E-state index in [0.717, 1.165) is 62.5 Å². The molecule has 3 rings (SSSR count). The highest BCUT2D eigenvalue weighted by Crippen LogP contribution is 2.36. The number of hydrogen-bond acceptors (Lipinski definition) is 4. The Bertz CT molecular complexity index is 463. The highest BCUT2D eigenvalue weighted by molar-refractivity contribution is 5.53. The van der Waals surface area contributed by atoms with Crippen molar-refractivity contribution in [1.82, 2.24) is 0 Å². The van der Waals surface area contributed by atoms with Gasteiger partial charge in [0.2, 0.25) is 0 Å². The van der Waals surface area contributed by atoms with Crippen LogP contribution in [0.3, 0.4) is 0 Å². The fourth-order valence-electron chi connectivity index (χ4n) is 3.11. The predicted molar refractivity (Wildman–Crippen MR) is 78.0 cm³/mol. The Hall–Kier alpha value is -1.26. The molecule has 1 aromatic rings. The summed E-state index contributed by atoms with van der Waals surface area (Å²) in [4.78, 5) is 0. The molecule has 2 heterocycles. The van der Waals surface area contributed by atoms with E-state index in [-0.39, 0.29) is 11.7 Å². The number of benzene rings is 1. The van der Waals surface area contributed by atoms with Crippen molar-refractivity contribution < 1.29 is 14.2 Å². The second-order valence-electron chi connectivity index (χ2n) is 5.85. The van der Waals surface area contributed by atoms with E-state index in [1.165, 1.54) is 0 Å². The van der Waals surface area contributed by atoms with Crippen LogP contribution in [0.2, 0.25) is 0 Å². The average Bonchev–Trinajstić information content (AvgIpc) is 2.45. The number of ether oxygens (including phenoxy) is 3. The van der Waals surface area contributed by atoms with Crippen LogP contribution in [-0.4, -0.2) is 31.5 Å². The number of rotatable bonds is 2. The molecule has 2 aliphatic rings. The third kappa shape index (κ3) is 2.76. The summed E-state index contributed by atoms with van der Waals surface area (Å²) >= 11 is 0. The lowest BCUT2D eigenvalue weighted by atomic mass is 9.85. The van der Waals surface area contributed by atoms with Gasteiger partial charge in [0.1, 0.15) is 11.9 Å². The van der Waals surface area contributed by atoms with E-state index < -0.39 is 0 Å². The number of anilines is 1. The van der Waals surface area contributed by atoms with Crippen LogP contribution >= 0.6 is 0 Å². The smallest absolute Gasteiger partial charge is 0.124 e. The van der Waals surface area contributed by atoms with Gasteiger partial charge >= 0.3 is 0 Å². The molecule has 20 heavy (non-hydrogen) atoms. The summed E-state index contributed by atoms with van der Waals surface area (Å²) in [7, 11) is 0. The summed E-state index contributed by atoms with van der Waals surface area (Å²) in [5.74, 6) is 0.902. The van der Waals surface area contributed by atoms with Gasteiger partial charge in [0.15, 0.2) is 0 Å². The second kappa shape index (κ2) is 5.62. The molecular formula is C16H23NO3. The van der Waals surface area contributed by atoms with Crippen molar-refractivity contribution in [2.24, 2.45) is 0 Å². The van der Waals surface area contributed by atoms with Crippen LogP contribution in [0.1, 0.15) is 31.2 Å². The van der Waals surface area contributed by atoms with Gasteiger partial charge in [0, 0.05) is 37.3 Å². The van der Waals surface area contributed by atoms with E-state index in [1.54, 1.807) is 0 Å². The van der Waals surface area contributed by atoms with Crippen molar-refractivity contribution in [2.75, 3.05) is 25.6 Å². The first-order valence-electron chi connectivity index (χ1n) is 7.42. The molecule has 1 aromatic carbocycles. The lowest BCUT2D eigenvalue weighted by molar-refractivity contribution is -0.155. The van der Waals surface area contributed by atoms with Crippen molar-refractivity contribution in [3.63, 3.8) is 0 Å². The van der Waals surface area contributed by atoms with Crippen molar-refractivity contribution in [3.8, 4) is 5.75 Å². The molecule has 2 saturated heterocycles. The summed E-state index contributed by atoms with van der Waals surface area (Å²) in [6, 6.07) is 5.85. The number of hydrogen-bond donors (Lipinski definition) is 1. The van der Waals surface area contributed by atoms with Crippen LogP contribution < -0.4 is 10.5 Å². The molecule has 0 saturated carbocycles. The Morgan fingerprint density at radius 2 is 2.05 bits per heavy atom. The van der Waals surface area contributed by atoms with Crippen LogP contribution in [0.25, 0.3) is 0 Å². The van der Waals surface area contributed by atoms with E-state index >= 15 is 0 Å². The summed E-state index contributed by atoms with van der Waals surface area (Å²) < 4.78 is 17.7. The van der Waals surface area contributed by atoms with Gasteiger partial charge in [-0.15, -0.1) is 0 Å². The molecule has 0 aliphatic carbocycles. The molecule has 0 aromatic heterocycles. The molecule has 2 N–H and O–H groups in total. The van der Waals surface area contributed by atoms with Crippen LogP contribution in [0.15, 0.2) is 18.2 Å². The van der Waals surface area contributed by atoms with E-state index in [4.69, 9.17) is 19.9 Å². The zero-order valence-corrected chi connectivity index (χ0v) is 12.1. The molecular weight excluding hydrogens is 254 g/mol. The Kier molecular flexibility index (Phi) is 3.85. The van der Waals surface area contributed by atoms with Crippen LogP contribution in [0.4, 0.5) is 5.69 Å². The van der Waals surface area contributed by atoms with Crippen LogP contribution in [0.5, 0.6) is 5.75 Å². The third-order valence-electron chi connectivity index (χ3n) is 4.47. The zero-order chi connectivity index (χ0) is 14.0. The van der Waals surface area contributed by atoms with Gasteiger partial charge in [0.05, 0.1) is 12.2 Å². The highest BCUT2D eigenvalue weighted by atomic mass is 16.5. The first kappa shape index (κ1) is 13.7. The molecule has 1 atom stereocenters. The van der Waals surface area contributed by atoms with Gasteiger partial charge in [-0.25, -0.2) is 0 Å². The van der Waals surface area contributed by atoms with Crippen LogP contribution in [-0.2, 0) is 9.47 Å². The monoisotopic (exact) mass is 277 g/mol. The lowest BCUT2D eigenvalue weighted by Gasteiger charge is -2.43. The lowest BCUT2D eigenvalue weighted by Crippen LogP contribution is -2.47. The van der Waals surface area contributed by atoms with Crippen molar-refractivity contribution in [2.45, 2.75) is 44.3 Å². The minimum Gasteiger partial charge on any atom is -0.490 e. The van der Waals surface area contributed by atoms with Crippen molar-refractivity contribution >= 4 is 5.69 Å². The highest BCUT2D eigenvalue weighted by Gasteiger charge is 2.39. The molecule has 2 fully saturated rings. The van der Waals surface area contributed by atoms with Crippen LogP contribution in [0, 0.1) is 6.92 Å². The van der Waals surface area contributed by atoms with Crippen molar-refractivity contribution in [3.05, 3.63) is 23.8 Å². The minimum atomic E-state index is -0.0323. The fraction of sp³-hybridized carbons (Fsp3) is 0.625. The average molecular weight is 277 g/mol. The van der Waals surface area contributed by atoms with E-state index in [9.17, 15) is 0 Å². The standard InChI is InChI=1S/C16H23NO3/c1-12-14(17)3-2-4-15(12)20-13-5-8-19-16(11-13)6-9-18-10-7-16/h2-4,13H,5-11,17H2,1H3. The third-order valence-corrected chi connectivity index (χ3v) is 4.47. The Balaban J connectivity index is 1.69. The molecule has 0 bridgehead atoms. The van der Waals surface area contributed by atoms with Gasteiger partial charge in [-0.2, -0.15) is 0 Å². The normalized spacial score (nSPS) is 25.6. The van der Waals surface area contributed by atoms with Gasteiger partial charge in [-0.1, -0.05) is 6.07 Å². The second-order valence-corrected chi connectivity index (χ2v) is 5.85. The zero-order valence-electron chi connectivity index (χ0n) is 12.1. The molecule has 4 nitrogen and oxygen atoms in total. The first-order chi connectivity index (χ1) is 9.69. The SMILES string of the molecule is Cc1c(N)cccc1OC1CCOC2(CCOCC2)C1. The minimum absolute atomic E-state index is 0.0323. The maximum Gasteiger partial charge on any atom is 0.124 e. The summed E-state index contributed by atoms with van der Waals surface area (Å²) in [6.45, 7) is 4.37. The summed E-state index contributed by atoms with van der Waals surface area (Å²) in [5.41, 5.74) is 7.72. The maximum absolute atomic E-state index is 6.19.